The van der Waals surface area contributed by atoms with E-state index in [0.717, 1.165) is 12.8 Å². The molecule has 0 aliphatic rings. The van der Waals surface area contributed by atoms with Crippen LogP contribution in [-0.4, -0.2) is 70.0 Å². The number of likely N-dealkylation sites (N-methyl/N-ethyl adjacent to an activating group) is 1. The number of hydrogen-bond acceptors (Lipinski definition) is 8. The van der Waals surface area contributed by atoms with Gasteiger partial charge in [-0.05, 0) is 12.8 Å². The third kappa shape index (κ3) is 27.0. The van der Waals surface area contributed by atoms with Gasteiger partial charge in [-0.2, -0.15) is 0 Å². The summed E-state index contributed by atoms with van der Waals surface area (Å²) >= 11 is 0. The summed E-state index contributed by atoms with van der Waals surface area (Å²) < 4.78 is 33.0. The number of nitrogens with zero attached hydrogens (tertiary/aromatic N) is 1. The number of carbonyl (C=O) groups is 2. The van der Waals surface area contributed by atoms with Crippen LogP contribution in [0.4, 0.5) is 0 Å². The fourth-order valence-corrected chi connectivity index (χ4v) is 4.65. The van der Waals surface area contributed by atoms with Crippen LogP contribution in [0, 0.1) is 0 Å². The van der Waals surface area contributed by atoms with Gasteiger partial charge in [-0.25, -0.2) is 0 Å². The zero-order valence-corrected chi connectivity index (χ0v) is 26.5. The molecule has 0 heterocycles. The minimum Gasteiger partial charge on any atom is -0.756 e. The molecule has 0 radical (unpaired) electrons. The lowest BCUT2D eigenvalue weighted by Crippen LogP contribution is -2.37. The molecule has 0 aromatic carbocycles. The second-order valence-corrected chi connectivity index (χ2v) is 12.9. The second kappa shape index (κ2) is 23.7. The van der Waals surface area contributed by atoms with Crippen LogP contribution >= 0.6 is 7.82 Å². The maximum atomic E-state index is 12.4. The Labute approximate surface area is 238 Å². The van der Waals surface area contributed by atoms with E-state index in [2.05, 4.69) is 6.92 Å². The van der Waals surface area contributed by atoms with Crippen LogP contribution in [0.5, 0.6) is 0 Å². The van der Waals surface area contributed by atoms with Gasteiger partial charge in [-0.15, -0.1) is 0 Å². The molecule has 0 aliphatic carbocycles. The number of carbonyl (C=O) groups excluding carboxylic acids is 2. The molecule has 0 bridgehead atoms. The van der Waals surface area contributed by atoms with E-state index in [9.17, 15) is 19.0 Å². The van der Waals surface area contributed by atoms with Crippen molar-refractivity contribution in [2.45, 2.75) is 129 Å². The summed E-state index contributed by atoms with van der Waals surface area (Å²) in [6.45, 7) is 3.81. The van der Waals surface area contributed by atoms with Crippen LogP contribution in [0.2, 0.25) is 0 Å². The minimum atomic E-state index is -4.58. The first kappa shape index (κ1) is 38.0. The van der Waals surface area contributed by atoms with Crippen molar-refractivity contribution >= 4 is 19.8 Å². The van der Waals surface area contributed by atoms with Crippen molar-refractivity contribution in [2.75, 3.05) is 47.5 Å². The summed E-state index contributed by atoms with van der Waals surface area (Å²) in [5.74, 6) is -0.893. The molecule has 0 amide bonds. The summed E-state index contributed by atoms with van der Waals surface area (Å²) in [6.07, 6.45) is 17.2. The van der Waals surface area contributed by atoms with Gasteiger partial charge in [0.05, 0.1) is 27.7 Å². The highest BCUT2D eigenvalue weighted by atomic mass is 31.2. The molecule has 0 saturated carbocycles. The second-order valence-electron chi connectivity index (χ2n) is 11.5. The van der Waals surface area contributed by atoms with Crippen LogP contribution < -0.4 is 4.89 Å². The predicted octanol–water partition coefficient (Wildman–Crippen LogP) is 6.32. The Morgan fingerprint density at radius 1 is 0.692 bits per heavy atom. The average Bonchev–Trinajstić information content (AvgIpc) is 2.85. The monoisotopic (exact) mass is 579 g/mol. The van der Waals surface area contributed by atoms with Gasteiger partial charge in [0.25, 0.3) is 7.82 Å². The number of phosphoric acid groups is 1. The number of ether oxygens (including phenoxy) is 2. The van der Waals surface area contributed by atoms with Crippen LogP contribution in [0.3, 0.4) is 0 Å². The highest BCUT2D eigenvalue weighted by molar-refractivity contribution is 7.45. The van der Waals surface area contributed by atoms with Gasteiger partial charge in [0, 0.05) is 12.8 Å². The molecule has 0 fully saturated rings. The molecule has 0 aromatic rings. The number of rotatable bonds is 27. The van der Waals surface area contributed by atoms with E-state index in [1.807, 2.05) is 28.1 Å². The first-order chi connectivity index (χ1) is 18.5. The van der Waals surface area contributed by atoms with E-state index in [0.29, 0.717) is 23.9 Å². The van der Waals surface area contributed by atoms with Gasteiger partial charge in [-0.3, -0.25) is 14.2 Å². The van der Waals surface area contributed by atoms with Crippen molar-refractivity contribution < 1.29 is 42.1 Å². The van der Waals surface area contributed by atoms with E-state index < -0.39 is 32.5 Å². The molecule has 0 aromatic heterocycles. The summed E-state index contributed by atoms with van der Waals surface area (Å²) in [5.41, 5.74) is 0. The normalized spacial score (nSPS) is 14.1. The summed E-state index contributed by atoms with van der Waals surface area (Å²) in [6, 6.07) is 0. The molecule has 0 spiro atoms. The molecule has 9 nitrogen and oxygen atoms in total. The Balaban J connectivity index is 4.19. The zero-order chi connectivity index (χ0) is 29.4. The van der Waals surface area contributed by atoms with Gasteiger partial charge in [0.1, 0.15) is 19.8 Å². The predicted molar refractivity (Wildman–Crippen MR) is 153 cm³/mol. The lowest BCUT2D eigenvalue weighted by molar-refractivity contribution is -0.870. The van der Waals surface area contributed by atoms with Gasteiger partial charge < -0.3 is 27.9 Å². The molecule has 2 atom stereocenters. The van der Waals surface area contributed by atoms with Crippen LogP contribution in [0.25, 0.3) is 0 Å². The number of hydrogen-bond donors (Lipinski definition) is 0. The molecule has 232 valence electrons. The van der Waals surface area contributed by atoms with E-state index >= 15 is 0 Å². The van der Waals surface area contributed by atoms with Crippen molar-refractivity contribution in [3.05, 3.63) is 0 Å². The van der Waals surface area contributed by atoms with Crippen molar-refractivity contribution in [3.63, 3.8) is 0 Å². The number of unbranched alkanes of at least 4 members (excludes halogenated alkanes) is 13. The third-order valence-corrected chi connectivity index (χ3v) is 7.31. The molecule has 39 heavy (non-hydrogen) atoms. The quantitative estimate of drug-likeness (QED) is 0.0481. The van der Waals surface area contributed by atoms with Gasteiger partial charge >= 0.3 is 11.9 Å². The molecule has 10 heteroatoms. The Morgan fingerprint density at radius 2 is 1.21 bits per heavy atom. The lowest BCUT2D eigenvalue weighted by atomic mass is 10.0. The highest BCUT2D eigenvalue weighted by Crippen LogP contribution is 2.38. The van der Waals surface area contributed by atoms with Crippen LogP contribution in [0.1, 0.15) is 123 Å². The van der Waals surface area contributed by atoms with Gasteiger partial charge in [0.2, 0.25) is 0 Å². The van der Waals surface area contributed by atoms with Crippen molar-refractivity contribution in [3.8, 4) is 0 Å². The Bertz CT molecular complexity index is 668. The smallest absolute Gasteiger partial charge is 0.306 e. The fourth-order valence-electron chi connectivity index (χ4n) is 3.93. The highest BCUT2D eigenvalue weighted by Gasteiger charge is 2.21. The summed E-state index contributed by atoms with van der Waals surface area (Å²) in [7, 11) is 1.16. The molecule has 2 unspecified atom stereocenters. The van der Waals surface area contributed by atoms with Crippen molar-refractivity contribution in [1.82, 2.24) is 0 Å². The standard InChI is InChI=1S/C29H58NO8P/c1-6-8-9-10-11-12-13-14-15-16-17-18-19-20-22-29(32)38-27(25-35-28(31)21-7-2)26-37-39(33,34)36-24-23-30(3,4)5/h27H,6-26H2,1-5H3. The lowest BCUT2D eigenvalue weighted by Gasteiger charge is -2.28. The van der Waals surface area contributed by atoms with E-state index in [-0.39, 0.29) is 26.1 Å². The largest absolute Gasteiger partial charge is 0.756 e. The van der Waals surface area contributed by atoms with Gasteiger partial charge in [-0.1, -0.05) is 97.3 Å². The van der Waals surface area contributed by atoms with Crippen molar-refractivity contribution in [1.29, 1.82) is 0 Å². The first-order valence-electron chi connectivity index (χ1n) is 15.2. The average molecular weight is 580 g/mol. The molecular weight excluding hydrogens is 521 g/mol. The summed E-state index contributed by atoms with van der Waals surface area (Å²) in [5, 5.41) is 0. The van der Waals surface area contributed by atoms with E-state index in [1.54, 1.807) is 0 Å². The third-order valence-electron chi connectivity index (χ3n) is 6.35. The SMILES string of the molecule is CCCCCCCCCCCCCCCCC(=O)OC(COC(=O)CCC)COP(=O)([O-])OCC[N+](C)(C)C. The Hall–Kier alpha value is -0.990. The van der Waals surface area contributed by atoms with Crippen LogP contribution in [0.15, 0.2) is 0 Å². The van der Waals surface area contributed by atoms with Crippen molar-refractivity contribution in [2.24, 2.45) is 0 Å². The van der Waals surface area contributed by atoms with E-state index in [4.69, 9.17) is 18.5 Å². The van der Waals surface area contributed by atoms with Crippen LogP contribution in [-0.2, 0) is 32.7 Å². The zero-order valence-electron chi connectivity index (χ0n) is 25.6. The Kier molecular flexibility index (Phi) is 23.1. The van der Waals surface area contributed by atoms with Gasteiger partial charge in [0.15, 0.2) is 6.10 Å². The first-order valence-corrected chi connectivity index (χ1v) is 16.7. The fraction of sp³-hybridized carbons (Fsp3) is 0.931. The van der Waals surface area contributed by atoms with E-state index in [1.165, 1.54) is 70.6 Å². The Morgan fingerprint density at radius 3 is 1.69 bits per heavy atom. The number of phosphoric ester groups is 1. The molecule has 0 N–H and O–H groups in total. The molecule has 0 rings (SSSR count). The summed E-state index contributed by atoms with van der Waals surface area (Å²) in [4.78, 5) is 36.2. The molecule has 0 aliphatic heterocycles. The minimum absolute atomic E-state index is 0.0284. The molecular formula is C29H58NO8P. The molecule has 0 saturated heterocycles. The topological polar surface area (TPSA) is 111 Å². The maximum Gasteiger partial charge on any atom is 0.306 e. The maximum absolute atomic E-state index is 12.4. The number of esters is 2. The number of quaternary nitrogens is 1.